The number of fused-ring (bicyclic) bond motifs is 1. The Bertz CT molecular complexity index is 1070. The van der Waals surface area contributed by atoms with Crippen LogP contribution in [0.1, 0.15) is 11.1 Å². The van der Waals surface area contributed by atoms with E-state index >= 15 is 0 Å². The Morgan fingerprint density at radius 1 is 0.760 bits per heavy atom. The van der Waals surface area contributed by atoms with Gasteiger partial charge >= 0.3 is 5.82 Å². The molecule has 0 saturated heterocycles. The number of hydrogen-bond donors (Lipinski definition) is 0. The predicted octanol–water partition coefficient (Wildman–Crippen LogP) is 4.82. The minimum atomic E-state index is 0.426. The first-order valence-electron chi connectivity index (χ1n) is 8.30. The normalized spacial score (nSPS) is 11.0. The summed E-state index contributed by atoms with van der Waals surface area (Å²) in [6.07, 6.45) is 0. The number of rotatable bonds is 2. The molecule has 0 aliphatic carbocycles. The Morgan fingerprint density at radius 3 is 2.28 bits per heavy atom. The van der Waals surface area contributed by atoms with Gasteiger partial charge in [0.2, 0.25) is 0 Å². The zero-order chi connectivity index (χ0) is 17.4. The third-order valence-electron chi connectivity index (χ3n) is 4.38. The van der Waals surface area contributed by atoms with Gasteiger partial charge in [0, 0.05) is 5.56 Å². The molecule has 0 saturated carbocycles. The van der Waals surface area contributed by atoms with E-state index in [1.54, 1.807) is 0 Å². The Hall–Kier alpha value is -3.20. The first-order chi connectivity index (χ1) is 12.1. The molecule has 0 amide bonds. The van der Waals surface area contributed by atoms with Crippen LogP contribution >= 0.6 is 0 Å². The van der Waals surface area contributed by atoms with Crippen LogP contribution in [0.4, 0.5) is 0 Å². The fourth-order valence-electron chi connectivity index (χ4n) is 3.10. The average Bonchev–Trinajstić information content (AvgIpc) is 2.62. The van der Waals surface area contributed by atoms with Gasteiger partial charge in [-0.05, 0) is 49.2 Å². The van der Waals surface area contributed by atoms with E-state index in [0.717, 1.165) is 37.9 Å². The highest BCUT2D eigenvalue weighted by molar-refractivity contribution is 5.91. The lowest BCUT2D eigenvalue weighted by atomic mass is 10.0. The zero-order valence-corrected chi connectivity index (χ0v) is 14.2. The van der Waals surface area contributed by atoms with Gasteiger partial charge in [-0.1, -0.05) is 53.6 Å². The van der Waals surface area contributed by atoms with Crippen LogP contribution in [0.2, 0.25) is 0 Å². The molecular weight excluding hydrogens is 308 g/mol. The summed E-state index contributed by atoms with van der Waals surface area (Å²) in [4.78, 5) is 4.63. The van der Waals surface area contributed by atoms with Crippen molar-refractivity contribution in [1.82, 2.24) is 4.98 Å². The molecule has 0 unspecified atom stereocenters. The lowest BCUT2D eigenvalue weighted by Gasteiger charge is -2.15. The first kappa shape index (κ1) is 15.3. The molecule has 0 radical (unpaired) electrons. The van der Waals surface area contributed by atoms with Crippen LogP contribution < -0.4 is 4.73 Å². The number of aryl methyl sites for hydroxylation is 2. The van der Waals surface area contributed by atoms with Gasteiger partial charge in [-0.25, -0.2) is 4.73 Å². The van der Waals surface area contributed by atoms with E-state index in [0.29, 0.717) is 11.5 Å². The molecule has 0 aliphatic heterocycles. The van der Waals surface area contributed by atoms with Crippen LogP contribution in [0, 0.1) is 19.1 Å². The van der Waals surface area contributed by atoms with Crippen molar-refractivity contribution >= 4 is 10.9 Å². The number of aromatic nitrogens is 2. The quantitative estimate of drug-likeness (QED) is 0.391. The van der Waals surface area contributed by atoms with E-state index in [-0.39, 0.29) is 0 Å². The Morgan fingerprint density at radius 2 is 1.52 bits per heavy atom. The standard InChI is InChI=1S/C22H18N2O/c1-15-10-12-17(13-11-15)22-23-20-9-4-3-8-19(20)21(24(22)25)18-7-5-6-16(2)14-18/h3-14H,1-2H3. The topological polar surface area (TPSA) is 39.8 Å². The zero-order valence-electron chi connectivity index (χ0n) is 14.2. The van der Waals surface area contributed by atoms with E-state index in [2.05, 4.69) is 4.98 Å². The number of para-hydroxylation sites is 1. The number of nitrogens with zero attached hydrogens (tertiary/aromatic N) is 2. The third-order valence-corrected chi connectivity index (χ3v) is 4.38. The van der Waals surface area contributed by atoms with Crippen molar-refractivity contribution in [1.29, 1.82) is 0 Å². The second-order valence-corrected chi connectivity index (χ2v) is 6.33. The molecule has 3 nitrogen and oxygen atoms in total. The molecule has 25 heavy (non-hydrogen) atoms. The molecule has 3 heteroatoms. The molecule has 0 fully saturated rings. The summed E-state index contributed by atoms with van der Waals surface area (Å²) in [5.74, 6) is 0.426. The molecule has 0 atom stereocenters. The maximum absolute atomic E-state index is 13.2. The van der Waals surface area contributed by atoms with Gasteiger partial charge in [0.15, 0.2) is 5.52 Å². The van der Waals surface area contributed by atoms with Crippen LogP contribution in [0.5, 0.6) is 0 Å². The van der Waals surface area contributed by atoms with Gasteiger partial charge in [-0.2, -0.15) is 0 Å². The largest absolute Gasteiger partial charge is 0.710 e. The van der Waals surface area contributed by atoms with Crippen LogP contribution in [0.15, 0.2) is 72.8 Å². The maximum atomic E-state index is 13.2. The molecule has 0 spiro atoms. The molecule has 122 valence electrons. The molecule has 0 N–H and O–H groups in total. The summed E-state index contributed by atoms with van der Waals surface area (Å²) in [7, 11) is 0. The summed E-state index contributed by atoms with van der Waals surface area (Å²) < 4.78 is 0.960. The van der Waals surface area contributed by atoms with Gasteiger partial charge in [0.05, 0.1) is 10.9 Å². The van der Waals surface area contributed by atoms with Crippen molar-refractivity contribution in [2.24, 2.45) is 0 Å². The lowest BCUT2D eigenvalue weighted by Crippen LogP contribution is -2.33. The number of hydrogen-bond acceptors (Lipinski definition) is 2. The fraction of sp³-hybridized carbons (Fsp3) is 0.0909. The van der Waals surface area contributed by atoms with E-state index in [4.69, 9.17) is 0 Å². The minimum Gasteiger partial charge on any atom is -0.710 e. The second kappa shape index (κ2) is 6.02. The Labute approximate surface area is 146 Å². The summed E-state index contributed by atoms with van der Waals surface area (Å²) in [6, 6.07) is 23.7. The van der Waals surface area contributed by atoms with Crippen molar-refractivity contribution in [3.05, 3.63) is 89.1 Å². The summed E-state index contributed by atoms with van der Waals surface area (Å²) in [5.41, 5.74) is 5.46. The van der Waals surface area contributed by atoms with E-state index < -0.39 is 0 Å². The molecule has 3 aromatic carbocycles. The average molecular weight is 326 g/mol. The summed E-state index contributed by atoms with van der Waals surface area (Å²) >= 11 is 0. The molecule has 4 rings (SSSR count). The third kappa shape index (κ3) is 2.74. The van der Waals surface area contributed by atoms with Crippen LogP contribution in [-0.2, 0) is 0 Å². The van der Waals surface area contributed by atoms with Gasteiger partial charge in [0.1, 0.15) is 5.69 Å². The van der Waals surface area contributed by atoms with E-state index in [1.165, 1.54) is 0 Å². The van der Waals surface area contributed by atoms with Gasteiger partial charge in [-0.15, -0.1) is 0 Å². The SMILES string of the molecule is Cc1ccc(-c2nc3ccccc3c(-c3cccc(C)c3)[n+]2[O-])cc1. The highest BCUT2D eigenvalue weighted by atomic mass is 16.5. The number of benzene rings is 3. The molecule has 1 heterocycles. The monoisotopic (exact) mass is 326 g/mol. The van der Waals surface area contributed by atoms with Crippen molar-refractivity contribution in [2.75, 3.05) is 0 Å². The predicted molar refractivity (Wildman–Crippen MR) is 101 cm³/mol. The smallest absolute Gasteiger partial charge is 0.334 e. The van der Waals surface area contributed by atoms with E-state index in [1.807, 2.05) is 86.6 Å². The fourth-order valence-corrected chi connectivity index (χ4v) is 3.10. The lowest BCUT2D eigenvalue weighted by molar-refractivity contribution is -0.583. The van der Waals surface area contributed by atoms with Crippen LogP contribution in [-0.4, -0.2) is 4.98 Å². The Kier molecular flexibility index (Phi) is 3.69. The van der Waals surface area contributed by atoms with Crippen molar-refractivity contribution in [3.8, 4) is 22.6 Å². The van der Waals surface area contributed by atoms with Gasteiger partial charge in [-0.3, -0.25) is 0 Å². The summed E-state index contributed by atoms with van der Waals surface area (Å²) in [5, 5.41) is 14.1. The first-order valence-corrected chi connectivity index (χ1v) is 8.30. The second-order valence-electron chi connectivity index (χ2n) is 6.33. The van der Waals surface area contributed by atoms with Crippen molar-refractivity contribution in [2.45, 2.75) is 13.8 Å². The summed E-state index contributed by atoms with van der Waals surface area (Å²) in [6.45, 7) is 4.06. The Balaban J connectivity index is 2.06. The minimum absolute atomic E-state index is 0.426. The molecule has 0 aliphatic rings. The van der Waals surface area contributed by atoms with Gasteiger partial charge in [0.25, 0.3) is 0 Å². The van der Waals surface area contributed by atoms with Crippen molar-refractivity contribution in [3.63, 3.8) is 0 Å². The highest BCUT2D eigenvalue weighted by Crippen LogP contribution is 2.28. The molecule has 0 bridgehead atoms. The molecule has 1 aromatic heterocycles. The van der Waals surface area contributed by atoms with Crippen molar-refractivity contribution < 1.29 is 4.73 Å². The molecule has 4 aromatic rings. The van der Waals surface area contributed by atoms with Gasteiger partial charge < -0.3 is 5.21 Å². The molecular formula is C22H18N2O. The van der Waals surface area contributed by atoms with E-state index in [9.17, 15) is 5.21 Å². The highest BCUT2D eigenvalue weighted by Gasteiger charge is 2.20. The maximum Gasteiger partial charge on any atom is 0.334 e. The van der Waals surface area contributed by atoms with Crippen LogP contribution in [0.3, 0.4) is 0 Å². The van der Waals surface area contributed by atoms with Crippen LogP contribution in [0.25, 0.3) is 33.5 Å².